The Kier molecular flexibility index (Phi) is 2.49. The first-order valence-corrected chi connectivity index (χ1v) is 5.77. The molecule has 3 rings (SSSR count). The van der Waals surface area contributed by atoms with Gasteiger partial charge in [0.2, 0.25) is 0 Å². The Morgan fingerprint density at radius 1 is 1.11 bits per heavy atom. The van der Waals surface area contributed by atoms with Gasteiger partial charge in [-0.1, -0.05) is 12.1 Å². The Hall–Kier alpha value is -2.75. The van der Waals surface area contributed by atoms with Gasteiger partial charge in [0.05, 0.1) is 5.56 Å². The van der Waals surface area contributed by atoms with Gasteiger partial charge >= 0.3 is 0 Å². The van der Waals surface area contributed by atoms with Crippen LogP contribution in [0.1, 0.15) is 10.4 Å². The molecule has 0 saturated heterocycles. The fourth-order valence-electron chi connectivity index (χ4n) is 2.03. The monoisotopic (exact) mass is 253 g/mol. The lowest BCUT2D eigenvalue weighted by molar-refractivity contribution is 0.100. The average molecular weight is 253 g/mol. The second kappa shape index (κ2) is 4.17. The highest BCUT2D eigenvalue weighted by Gasteiger charge is 2.12. The van der Waals surface area contributed by atoms with Crippen molar-refractivity contribution in [2.75, 3.05) is 0 Å². The van der Waals surface area contributed by atoms with E-state index in [1.807, 2.05) is 12.1 Å². The molecular weight excluding hydrogens is 242 g/mol. The fraction of sp³-hybridized carbons (Fsp3) is 0. The summed E-state index contributed by atoms with van der Waals surface area (Å²) in [5.74, 6) is 0.304. The molecule has 0 aliphatic carbocycles. The molecule has 0 radical (unpaired) electrons. The van der Waals surface area contributed by atoms with Crippen molar-refractivity contribution in [3.63, 3.8) is 0 Å². The zero-order valence-electron chi connectivity index (χ0n) is 9.96. The molecular formula is C15H11NO3. The molecule has 0 aliphatic rings. The molecule has 0 aliphatic heterocycles. The topological polar surface area (TPSA) is 76.5 Å². The predicted molar refractivity (Wildman–Crippen MR) is 71.8 cm³/mol. The number of para-hydroxylation sites is 1. The summed E-state index contributed by atoms with van der Waals surface area (Å²) in [7, 11) is 0. The predicted octanol–water partition coefficient (Wildman–Crippen LogP) is 2.90. The van der Waals surface area contributed by atoms with E-state index >= 15 is 0 Å². The Morgan fingerprint density at radius 2 is 1.84 bits per heavy atom. The van der Waals surface area contributed by atoms with Gasteiger partial charge in [0.25, 0.3) is 5.91 Å². The Bertz CT molecular complexity index is 757. The maximum atomic E-state index is 11.3. The number of benzene rings is 2. The third kappa shape index (κ3) is 1.93. The average Bonchev–Trinajstić information content (AvgIpc) is 2.82. The van der Waals surface area contributed by atoms with E-state index in [4.69, 9.17) is 10.2 Å². The van der Waals surface area contributed by atoms with E-state index in [9.17, 15) is 9.90 Å². The molecule has 4 heteroatoms. The third-order valence-corrected chi connectivity index (χ3v) is 2.96. The molecule has 19 heavy (non-hydrogen) atoms. The molecule has 0 bridgehead atoms. The number of carbonyl (C=O) groups excluding carboxylic acids is 1. The minimum Gasteiger partial charge on any atom is -0.508 e. The summed E-state index contributed by atoms with van der Waals surface area (Å²) in [6.07, 6.45) is 0. The van der Waals surface area contributed by atoms with E-state index in [-0.39, 0.29) is 5.75 Å². The SMILES string of the molecule is NC(=O)c1cccc2cc(-c3ccc(O)cc3)oc12. The van der Waals surface area contributed by atoms with Crippen molar-refractivity contribution in [2.24, 2.45) is 5.73 Å². The largest absolute Gasteiger partial charge is 0.508 e. The summed E-state index contributed by atoms with van der Waals surface area (Å²) in [6.45, 7) is 0. The van der Waals surface area contributed by atoms with Gasteiger partial charge in [-0.25, -0.2) is 0 Å². The first kappa shape index (κ1) is 11.3. The van der Waals surface area contributed by atoms with Crippen LogP contribution in [-0.2, 0) is 0 Å². The molecule has 0 unspecified atom stereocenters. The molecule has 0 fully saturated rings. The number of rotatable bonds is 2. The van der Waals surface area contributed by atoms with E-state index in [2.05, 4.69) is 0 Å². The highest BCUT2D eigenvalue weighted by atomic mass is 16.3. The smallest absolute Gasteiger partial charge is 0.252 e. The lowest BCUT2D eigenvalue weighted by atomic mass is 10.1. The molecule has 1 aromatic heterocycles. The molecule has 94 valence electrons. The quantitative estimate of drug-likeness (QED) is 0.737. The number of phenolic OH excluding ortho intramolecular Hbond substituents is 1. The van der Waals surface area contributed by atoms with Crippen LogP contribution in [0.3, 0.4) is 0 Å². The van der Waals surface area contributed by atoms with Crippen LogP contribution in [0.4, 0.5) is 0 Å². The van der Waals surface area contributed by atoms with Gasteiger partial charge in [-0.3, -0.25) is 4.79 Å². The van der Waals surface area contributed by atoms with Crippen LogP contribution in [0.25, 0.3) is 22.3 Å². The summed E-state index contributed by atoms with van der Waals surface area (Å²) >= 11 is 0. The van der Waals surface area contributed by atoms with E-state index in [1.54, 1.807) is 36.4 Å². The number of aromatic hydroxyl groups is 1. The van der Waals surface area contributed by atoms with E-state index < -0.39 is 5.91 Å². The molecule has 4 nitrogen and oxygen atoms in total. The normalized spacial score (nSPS) is 10.7. The van der Waals surface area contributed by atoms with Gasteiger partial charge in [0.1, 0.15) is 17.1 Å². The highest BCUT2D eigenvalue weighted by Crippen LogP contribution is 2.30. The molecule has 3 N–H and O–H groups in total. The standard InChI is InChI=1S/C15H11NO3/c16-15(18)12-3-1-2-10-8-13(19-14(10)12)9-4-6-11(17)7-5-9/h1-8,17H,(H2,16,18). The number of carbonyl (C=O) groups is 1. The van der Waals surface area contributed by atoms with Crippen LogP contribution in [0.5, 0.6) is 5.75 Å². The Balaban J connectivity index is 2.19. The first-order valence-electron chi connectivity index (χ1n) is 5.77. The van der Waals surface area contributed by atoms with Crippen LogP contribution in [-0.4, -0.2) is 11.0 Å². The summed E-state index contributed by atoms with van der Waals surface area (Å²) in [6, 6.07) is 13.7. The van der Waals surface area contributed by atoms with E-state index in [0.29, 0.717) is 16.9 Å². The van der Waals surface area contributed by atoms with E-state index in [0.717, 1.165) is 10.9 Å². The molecule has 1 amide bonds. The van der Waals surface area contributed by atoms with Crippen molar-refractivity contribution in [3.8, 4) is 17.1 Å². The number of hydrogen-bond donors (Lipinski definition) is 2. The van der Waals surface area contributed by atoms with Crippen LogP contribution in [0.2, 0.25) is 0 Å². The van der Waals surface area contributed by atoms with Gasteiger partial charge in [-0.05, 0) is 36.4 Å². The number of furan rings is 1. The van der Waals surface area contributed by atoms with Crippen molar-refractivity contribution < 1.29 is 14.3 Å². The lowest BCUT2D eigenvalue weighted by Gasteiger charge is -1.97. The lowest BCUT2D eigenvalue weighted by Crippen LogP contribution is -2.10. The van der Waals surface area contributed by atoms with Crippen molar-refractivity contribution in [1.82, 2.24) is 0 Å². The Labute approximate surface area is 109 Å². The van der Waals surface area contributed by atoms with Crippen molar-refractivity contribution in [3.05, 3.63) is 54.1 Å². The molecule has 2 aromatic carbocycles. The fourth-order valence-corrected chi connectivity index (χ4v) is 2.03. The molecule has 0 saturated carbocycles. The van der Waals surface area contributed by atoms with Gasteiger partial charge in [-0.15, -0.1) is 0 Å². The van der Waals surface area contributed by atoms with Crippen molar-refractivity contribution in [1.29, 1.82) is 0 Å². The van der Waals surface area contributed by atoms with E-state index in [1.165, 1.54) is 0 Å². The number of phenols is 1. The molecule has 1 heterocycles. The summed E-state index contributed by atoms with van der Waals surface area (Å²) in [4.78, 5) is 11.3. The second-order valence-corrected chi connectivity index (χ2v) is 4.25. The zero-order valence-corrected chi connectivity index (χ0v) is 9.96. The maximum Gasteiger partial charge on any atom is 0.252 e. The van der Waals surface area contributed by atoms with Crippen molar-refractivity contribution >= 4 is 16.9 Å². The number of nitrogens with two attached hydrogens (primary N) is 1. The minimum absolute atomic E-state index is 0.192. The zero-order chi connectivity index (χ0) is 13.4. The van der Waals surface area contributed by atoms with Gasteiger partial charge < -0.3 is 15.3 Å². The van der Waals surface area contributed by atoms with Gasteiger partial charge in [-0.2, -0.15) is 0 Å². The molecule has 0 atom stereocenters. The first-order chi connectivity index (χ1) is 9.15. The van der Waals surface area contributed by atoms with Crippen LogP contribution < -0.4 is 5.73 Å². The molecule has 0 spiro atoms. The van der Waals surface area contributed by atoms with Crippen molar-refractivity contribution in [2.45, 2.75) is 0 Å². The molecule has 3 aromatic rings. The highest BCUT2D eigenvalue weighted by molar-refractivity contribution is 6.04. The number of hydrogen-bond acceptors (Lipinski definition) is 3. The third-order valence-electron chi connectivity index (χ3n) is 2.96. The minimum atomic E-state index is -0.516. The summed E-state index contributed by atoms with van der Waals surface area (Å²) < 4.78 is 5.70. The van der Waals surface area contributed by atoms with Crippen LogP contribution in [0, 0.1) is 0 Å². The summed E-state index contributed by atoms with van der Waals surface area (Å²) in [5.41, 5.74) is 6.99. The van der Waals surface area contributed by atoms with Crippen LogP contribution in [0.15, 0.2) is 52.9 Å². The summed E-state index contributed by atoms with van der Waals surface area (Å²) in [5, 5.41) is 10.1. The Morgan fingerprint density at radius 3 is 2.53 bits per heavy atom. The van der Waals surface area contributed by atoms with Crippen LogP contribution >= 0.6 is 0 Å². The number of primary amides is 1. The van der Waals surface area contributed by atoms with Gasteiger partial charge in [0, 0.05) is 10.9 Å². The number of amides is 1. The second-order valence-electron chi connectivity index (χ2n) is 4.25. The number of fused-ring (bicyclic) bond motifs is 1. The maximum absolute atomic E-state index is 11.3. The van der Waals surface area contributed by atoms with Gasteiger partial charge in [0.15, 0.2) is 0 Å².